The highest BCUT2D eigenvalue weighted by molar-refractivity contribution is 5.87. The lowest BCUT2D eigenvalue weighted by molar-refractivity contribution is 0.0322. The van der Waals surface area contributed by atoms with Crippen LogP contribution in [0.3, 0.4) is 0 Å². The van der Waals surface area contributed by atoms with E-state index in [4.69, 9.17) is 13.9 Å². The molecule has 8 nitrogen and oxygen atoms in total. The lowest BCUT2D eigenvalue weighted by atomic mass is 10.0. The number of aromatic nitrogens is 1. The van der Waals surface area contributed by atoms with Crippen LogP contribution in [0.15, 0.2) is 82.0 Å². The molecule has 1 saturated heterocycles. The van der Waals surface area contributed by atoms with Gasteiger partial charge in [-0.05, 0) is 41.3 Å². The Hall–Kier alpha value is -4.04. The summed E-state index contributed by atoms with van der Waals surface area (Å²) >= 11 is 0. The number of anilines is 1. The summed E-state index contributed by atoms with van der Waals surface area (Å²) in [5.74, 6) is -0.555. The fourth-order valence-electron chi connectivity index (χ4n) is 5.88. The zero-order valence-electron chi connectivity index (χ0n) is 25.9. The minimum absolute atomic E-state index is 0.249. The SMILES string of the molecule is CCCCCCCCCCOC(=O)OCn1c(=O)oc2c(N3CCN(Cc4cccc(-c5ccccc5)c4)CC3)cccc21. The first-order valence-electron chi connectivity index (χ1n) is 16.2. The number of ether oxygens (including phenoxy) is 2. The van der Waals surface area contributed by atoms with Crippen LogP contribution in [0.25, 0.3) is 22.2 Å². The molecule has 234 valence electrons. The summed E-state index contributed by atoms with van der Waals surface area (Å²) in [5.41, 5.74) is 5.74. The highest BCUT2D eigenvalue weighted by Crippen LogP contribution is 2.28. The maximum Gasteiger partial charge on any atom is 0.510 e. The highest BCUT2D eigenvalue weighted by atomic mass is 16.7. The average Bonchev–Trinajstić information content (AvgIpc) is 3.38. The molecule has 4 aromatic rings. The summed E-state index contributed by atoms with van der Waals surface area (Å²) in [6.07, 6.45) is 8.57. The standard InChI is InChI=1S/C36H45N3O5/c1-2-3-4-5-6-7-8-12-25-42-36(41)43-28-39-33-20-14-19-32(34(33)44-35(39)40)38-23-21-37(22-24-38)27-29-15-13-18-31(26-29)30-16-10-9-11-17-30/h9-11,13-20,26H,2-8,12,21-25,27-28H2,1H3. The molecule has 0 aliphatic carbocycles. The van der Waals surface area contributed by atoms with Crippen molar-refractivity contribution in [1.29, 1.82) is 0 Å². The molecule has 0 amide bonds. The van der Waals surface area contributed by atoms with E-state index in [1.807, 2.05) is 24.3 Å². The van der Waals surface area contributed by atoms with Crippen LogP contribution in [0, 0.1) is 0 Å². The molecule has 1 fully saturated rings. The Morgan fingerprint density at radius 3 is 2.25 bits per heavy atom. The number of hydrogen-bond acceptors (Lipinski definition) is 7. The zero-order chi connectivity index (χ0) is 30.6. The summed E-state index contributed by atoms with van der Waals surface area (Å²) in [5, 5.41) is 0. The third-order valence-electron chi connectivity index (χ3n) is 8.36. The van der Waals surface area contributed by atoms with Gasteiger partial charge in [0.05, 0.1) is 17.8 Å². The average molecular weight is 600 g/mol. The van der Waals surface area contributed by atoms with E-state index in [9.17, 15) is 9.59 Å². The number of carbonyl (C=O) groups excluding carboxylic acids is 1. The Bertz CT molecular complexity index is 1520. The second-order valence-corrected chi connectivity index (χ2v) is 11.6. The van der Waals surface area contributed by atoms with E-state index in [0.717, 1.165) is 57.7 Å². The van der Waals surface area contributed by atoms with Gasteiger partial charge in [-0.15, -0.1) is 0 Å². The molecule has 1 aliphatic heterocycles. The fourth-order valence-corrected chi connectivity index (χ4v) is 5.88. The van der Waals surface area contributed by atoms with Gasteiger partial charge in [0, 0.05) is 32.7 Å². The van der Waals surface area contributed by atoms with E-state index in [1.54, 1.807) is 0 Å². The maximum atomic E-state index is 12.7. The van der Waals surface area contributed by atoms with Crippen molar-refractivity contribution in [2.45, 2.75) is 71.6 Å². The molecule has 44 heavy (non-hydrogen) atoms. The summed E-state index contributed by atoms with van der Waals surface area (Å²) in [6.45, 7) is 6.59. The second-order valence-electron chi connectivity index (χ2n) is 11.6. The predicted octanol–water partition coefficient (Wildman–Crippen LogP) is 7.84. The third-order valence-corrected chi connectivity index (χ3v) is 8.36. The molecule has 0 saturated carbocycles. The van der Waals surface area contributed by atoms with Gasteiger partial charge in [-0.1, -0.05) is 106 Å². The summed E-state index contributed by atoms with van der Waals surface area (Å²) in [6, 6.07) is 24.9. The van der Waals surface area contributed by atoms with Crippen molar-refractivity contribution in [2.75, 3.05) is 37.7 Å². The normalized spacial score (nSPS) is 13.8. The molecule has 0 spiro atoms. The Morgan fingerprint density at radius 2 is 1.48 bits per heavy atom. The number of benzene rings is 3. The first-order valence-corrected chi connectivity index (χ1v) is 16.2. The van der Waals surface area contributed by atoms with Gasteiger partial charge in [0.1, 0.15) is 0 Å². The highest BCUT2D eigenvalue weighted by Gasteiger charge is 2.22. The summed E-state index contributed by atoms with van der Waals surface area (Å²) in [4.78, 5) is 29.6. The molecule has 0 N–H and O–H groups in total. The van der Waals surface area contributed by atoms with Gasteiger partial charge in [0.2, 0.25) is 0 Å². The van der Waals surface area contributed by atoms with Crippen LogP contribution in [0.5, 0.6) is 0 Å². The van der Waals surface area contributed by atoms with E-state index in [1.165, 1.54) is 53.4 Å². The Morgan fingerprint density at radius 1 is 0.773 bits per heavy atom. The predicted molar refractivity (Wildman–Crippen MR) is 175 cm³/mol. The van der Waals surface area contributed by atoms with Crippen molar-refractivity contribution in [1.82, 2.24) is 9.47 Å². The van der Waals surface area contributed by atoms with E-state index in [0.29, 0.717) is 17.7 Å². The van der Waals surface area contributed by atoms with E-state index < -0.39 is 11.9 Å². The van der Waals surface area contributed by atoms with Crippen LogP contribution in [0.1, 0.15) is 63.9 Å². The molecular weight excluding hydrogens is 554 g/mol. The molecule has 0 bridgehead atoms. The number of piperazine rings is 1. The van der Waals surface area contributed by atoms with Gasteiger partial charge >= 0.3 is 11.9 Å². The number of rotatable bonds is 15. The lowest BCUT2D eigenvalue weighted by Gasteiger charge is -2.36. The second kappa shape index (κ2) is 16.1. The molecule has 5 rings (SSSR count). The van der Waals surface area contributed by atoms with Gasteiger partial charge in [-0.25, -0.2) is 14.2 Å². The minimum atomic E-state index is -0.768. The molecule has 0 atom stereocenters. The van der Waals surface area contributed by atoms with E-state index in [-0.39, 0.29) is 6.73 Å². The van der Waals surface area contributed by atoms with Gasteiger partial charge < -0.3 is 18.8 Å². The van der Waals surface area contributed by atoms with Crippen molar-refractivity contribution >= 4 is 22.9 Å². The topological polar surface area (TPSA) is 77.1 Å². The van der Waals surface area contributed by atoms with Crippen molar-refractivity contribution in [2.24, 2.45) is 0 Å². The van der Waals surface area contributed by atoms with E-state index >= 15 is 0 Å². The largest absolute Gasteiger partial charge is 0.510 e. The van der Waals surface area contributed by atoms with Gasteiger partial charge in [0.25, 0.3) is 0 Å². The fraction of sp³-hybridized carbons (Fsp3) is 0.444. The number of oxazole rings is 1. The Kier molecular flexibility index (Phi) is 11.5. The van der Waals surface area contributed by atoms with Crippen LogP contribution < -0.4 is 10.7 Å². The summed E-state index contributed by atoms with van der Waals surface area (Å²) < 4.78 is 17.5. The van der Waals surface area contributed by atoms with Crippen LogP contribution in [-0.2, 0) is 22.7 Å². The molecule has 1 aliphatic rings. The molecule has 2 heterocycles. The van der Waals surface area contributed by atoms with Crippen molar-refractivity contribution in [3.63, 3.8) is 0 Å². The molecular formula is C36H45N3O5. The van der Waals surface area contributed by atoms with Crippen LogP contribution >= 0.6 is 0 Å². The van der Waals surface area contributed by atoms with Gasteiger partial charge in [-0.3, -0.25) is 4.90 Å². The number of para-hydroxylation sites is 1. The maximum absolute atomic E-state index is 12.7. The van der Waals surface area contributed by atoms with Crippen LogP contribution in [0.4, 0.5) is 10.5 Å². The van der Waals surface area contributed by atoms with E-state index in [2.05, 4.69) is 65.3 Å². The van der Waals surface area contributed by atoms with Crippen LogP contribution in [0.2, 0.25) is 0 Å². The monoisotopic (exact) mass is 599 g/mol. The quantitative estimate of drug-likeness (QED) is 0.102. The molecule has 8 heteroatoms. The minimum Gasteiger partial charge on any atom is -0.434 e. The Labute approximate surface area is 260 Å². The van der Waals surface area contributed by atoms with Crippen LogP contribution in [-0.4, -0.2) is 48.4 Å². The number of hydrogen-bond donors (Lipinski definition) is 0. The zero-order valence-corrected chi connectivity index (χ0v) is 25.9. The molecule has 3 aromatic carbocycles. The summed E-state index contributed by atoms with van der Waals surface area (Å²) in [7, 11) is 0. The number of carbonyl (C=O) groups is 1. The van der Waals surface area contributed by atoms with Crippen molar-refractivity contribution in [3.05, 3.63) is 88.9 Å². The smallest absolute Gasteiger partial charge is 0.434 e. The third kappa shape index (κ3) is 8.53. The Balaban J connectivity index is 1.10. The van der Waals surface area contributed by atoms with Gasteiger partial charge in [-0.2, -0.15) is 0 Å². The molecule has 0 radical (unpaired) electrons. The first kappa shape index (κ1) is 31.4. The molecule has 0 unspecified atom stereocenters. The van der Waals surface area contributed by atoms with Crippen molar-refractivity contribution < 1.29 is 18.7 Å². The lowest BCUT2D eigenvalue weighted by Crippen LogP contribution is -2.46. The first-order chi connectivity index (χ1) is 21.6. The number of unbranched alkanes of at least 4 members (excludes halogenated alkanes) is 7. The number of fused-ring (bicyclic) bond motifs is 1. The molecule has 1 aromatic heterocycles. The van der Waals surface area contributed by atoms with Crippen molar-refractivity contribution in [3.8, 4) is 11.1 Å². The number of nitrogens with zero attached hydrogens (tertiary/aromatic N) is 3. The van der Waals surface area contributed by atoms with Gasteiger partial charge in [0.15, 0.2) is 12.3 Å².